The van der Waals surface area contributed by atoms with Crippen molar-refractivity contribution < 1.29 is 32.1 Å². The van der Waals surface area contributed by atoms with Crippen LogP contribution >= 0.6 is 11.3 Å². The lowest BCUT2D eigenvalue weighted by atomic mass is 9.87. The zero-order valence-electron chi connectivity index (χ0n) is 19.7. The Morgan fingerprint density at radius 3 is 2.62 bits per heavy atom. The predicted octanol–water partition coefficient (Wildman–Crippen LogP) is -0.781. The Balaban J connectivity index is 1.34. The van der Waals surface area contributed by atoms with E-state index in [0.29, 0.717) is 16.5 Å². The van der Waals surface area contributed by atoms with Crippen LogP contribution in [0.25, 0.3) is 0 Å². The van der Waals surface area contributed by atoms with E-state index in [-0.39, 0.29) is 36.2 Å². The fourth-order valence-electron chi connectivity index (χ4n) is 4.29. The van der Waals surface area contributed by atoms with E-state index in [1.807, 2.05) is 12.1 Å². The third-order valence-electron chi connectivity index (χ3n) is 6.23. The number of amides is 2. The van der Waals surface area contributed by atoms with Crippen molar-refractivity contribution in [2.24, 2.45) is 22.0 Å². The molecule has 1 aliphatic heterocycles. The van der Waals surface area contributed by atoms with Gasteiger partial charge in [-0.05, 0) is 31.0 Å². The van der Waals surface area contributed by atoms with Crippen LogP contribution in [-0.2, 0) is 31.2 Å². The zero-order chi connectivity index (χ0) is 27.0. The van der Waals surface area contributed by atoms with Crippen LogP contribution < -0.4 is 27.3 Å². The lowest BCUT2D eigenvalue weighted by Crippen LogP contribution is -2.65. The number of nitrogens with one attached hydrogen (secondary N) is 1. The fourth-order valence-corrected chi connectivity index (χ4v) is 5.81. The molecule has 1 aromatic carbocycles. The van der Waals surface area contributed by atoms with Gasteiger partial charge in [-0.15, -0.1) is 11.3 Å². The van der Waals surface area contributed by atoms with Gasteiger partial charge in [0.25, 0.3) is 5.91 Å². The molecule has 2 heterocycles. The summed E-state index contributed by atoms with van der Waals surface area (Å²) in [6.45, 7) is 1.63. The number of β-lactam (4-membered cyclic amide) rings is 1. The number of nitrogens with zero attached hydrogens (tertiary/aromatic N) is 3. The van der Waals surface area contributed by atoms with Gasteiger partial charge < -0.3 is 32.1 Å². The van der Waals surface area contributed by atoms with E-state index in [2.05, 4.69) is 15.5 Å². The first kappa shape index (κ1) is 26.7. The zero-order valence-corrected chi connectivity index (χ0v) is 21.4. The summed E-state index contributed by atoms with van der Waals surface area (Å²) in [6, 6.07) is 5.81. The van der Waals surface area contributed by atoms with Gasteiger partial charge >= 0.3 is 10.3 Å². The smallest absolute Gasteiger partial charge is 0.362 e. The largest absolute Gasteiger partial charge is 0.490 e. The molecule has 37 heavy (non-hydrogen) atoms. The maximum Gasteiger partial charge on any atom is 0.362 e. The van der Waals surface area contributed by atoms with Crippen molar-refractivity contribution in [2.45, 2.75) is 38.0 Å². The number of carbonyl (C=O) groups is 2. The topological polar surface area (TPSA) is 226 Å². The molecule has 0 bridgehead atoms. The Morgan fingerprint density at radius 1 is 1.35 bits per heavy atom. The molecule has 1 spiro atoms. The van der Waals surface area contributed by atoms with E-state index >= 15 is 0 Å². The number of nitrogens with two attached hydrogens (primary N) is 3. The molecule has 1 aromatic heterocycles. The Hall–Kier alpha value is -3.31. The average Bonchev–Trinajstić information content (AvgIpc) is 3.42. The van der Waals surface area contributed by atoms with Gasteiger partial charge in [-0.2, -0.15) is 8.42 Å². The molecule has 2 amide bonds. The maximum atomic E-state index is 13.0. The van der Waals surface area contributed by atoms with Crippen molar-refractivity contribution in [1.82, 2.24) is 14.6 Å². The number of aromatic nitrogens is 1. The van der Waals surface area contributed by atoms with Crippen LogP contribution in [0.4, 0.5) is 5.13 Å². The maximum absolute atomic E-state index is 13.0. The van der Waals surface area contributed by atoms with Gasteiger partial charge in [-0.1, -0.05) is 17.3 Å². The van der Waals surface area contributed by atoms with Crippen LogP contribution in [0.5, 0.6) is 5.75 Å². The van der Waals surface area contributed by atoms with Gasteiger partial charge in [-0.3, -0.25) is 14.1 Å². The van der Waals surface area contributed by atoms with Crippen LogP contribution in [0.3, 0.4) is 0 Å². The number of oxime groups is 1. The second kappa shape index (κ2) is 10.2. The van der Waals surface area contributed by atoms with Crippen molar-refractivity contribution in [1.29, 1.82) is 0 Å². The molecule has 2 aliphatic rings. The minimum atomic E-state index is -4.67. The highest BCUT2D eigenvalue weighted by molar-refractivity contribution is 7.84. The number of ether oxygens (including phenoxy) is 1. The second-order valence-electron chi connectivity index (χ2n) is 8.73. The molecule has 0 radical (unpaired) electrons. The second-order valence-corrected chi connectivity index (χ2v) is 10.9. The molecule has 1 aliphatic carbocycles. The lowest BCUT2D eigenvalue weighted by molar-refractivity contribution is -0.149. The van der Waals surface area contributed by atoms with E-state index in [4.69, 9.17) is 26.8 Å². The monoisotopic (exact) mass is 553 g/mol. The normalized spacial score (nSPS) is 23.2. The van der Waals surface area contributed by atoms with Crippen LogP contribution in [0.15, 0.2) is 34.8 Å². The number of thiazole rings is 1. The SMILES string of the molecule is C[C@@H]1N(S(=O)(=O)O)C(=O)C12CC2NC(=O)/C(=N\OCCOc1ccc(CC(N)N)cc1)c1csc(N)n1. The summed E-state index contributed by atoms with van der Waals surface area (Å²) in [4.78, 5) is 34.7. The highest BCUT2D eigenvalue weighted by Gasteiger charge is 2.76. The van der Waals surface area contributed by atoms with E-state index < -0.39 is 45.8 Å². The van der Waals surface area contributed by atoms with E-state index in [0.717, 1.165) is 16.9 Å². The summed E-state index contributed by atoms with van der Waals surface area (Å²) in [7, 11) is -4.67. The molecule has 4 rings (SSSR count). The van der Waals surface area contributed by atoms with Gasteiger partial charge in [0.1, 0.15) is 18.1 Å². The molecule has 200 valence electrons. The summed E-state index contributed by atoms with van der Waals surface area (Å²) in [5.41, 5.74) is 16.8. The molecule has 14 nitrogen and oxygen atoms in total. The number of rotatable bonds is 11. The summed E-state index contributed by atoms with van der Waals surface area (Å²) in [5.74, 6) is -0.840. The number of nitrogen functional groups attached to an aromatic ring is 1. The van der Waals surface area contributed by atoms with Crippen molar-refractivity contribution in [3.63, 3.8) is 0 Å². The summed E-state index contributed by atoms with van der Waals surface area (Å²) >= 11 is 1.10. The standard InChI is InChI=1S/C21H27N7O7S2/c1-11-21(19(30)28(11)37(31,32)33)9-15(21)26-18(29)17(14-10-36-20(24)25-14)27-35-7-6-34-13-4-2-12(3-5-13)8-16(22)23/h2-5,10-11,15-16H,6-9,22-23H2,1H3,(H2,24,25)(H,26,29)(H,31,32,33)/b27-17-/t11-,15?,21?/m0/s1. The molecule has 16 heteroatoms. The summed E-state index contributed by atoms with van der Waals surface area (Å²) in [6.07, 6.45) is 0.326. The highest BCUT2D eigenvalue weighted by atomic mass is 32.2. The molecule has 8 N–H and O–H groups in total. The van der Waals surface area contributed by atoms with Crippen molar-refractivity contribution in [3.05, 3.63) is 40.9 Å². The number of benzene rings is 1. The van der Waals surface area contributed by atoms with E-state index in [1.165, 1.54) is 12.3 Å². The Kier molecular flexibility index (Phi) is 7.38. The van der Waals surface area contributed by atoms with Crippen molar-refractivity contribution in [2.75, 3.05) is 18.9 Å². The quantitative estimate of drug-likeness (QED) is 0.0579. The van der Waals surface area contributed by atoms with E-state index in [9.17, 15) is 22.6 Å². The lowest BCUT2D eigenvalue weighted by Gasteiger charge is -2.43. The van der Waals surface area contributed by atoms with Crippen LogP contribution in [0.1, 0.15) is 24.6 Å². The molecule has 2 aromatic rings. The third kappa shape index (κ3) is 5.52. The Bertz CT molecular complexity index is 1310. The van der Waals surface area contributed by atoms with Gasteiger partial charge in [0.2, 0.25) is 5.91 Å². The summed E-state index contributed by atoms with van der Waals surface area (Å²) in [5, 5.41) is 8.32. The van der Waals surface area contributed by atoms with Gasteiger partial charge in [-0.25, -0.2) is 9.29 Å². The van der Waals surface area contributed by atoms with Crippen molar-refractivity contribution in [3.8, 4) is 5.75 Å². The minimum absolute atomic E-state index is 0.0119. The molecular formula is C21H27N7O7S2. The number of anilines is 1. The average molecular weight is 554 g/mol. The Morgan fingerprint density at radius 2 is 2.05 bits per heavy atom. The highest BCUT2D eigenvalue weighted by Crippen LogP contribution is 2.59. The molecule has 1 saturated heterocycles. The molecular weight excluding hydrogens is 526 g/mol. The number of carbonyl (C=O) groups excluding carboxylic acids is 2. The molecule has 3 atom stereocenters. The van der Waals surface area contributed by atoms with Crippen molar-refractivity contribution >= 4 is 44.3 Å². The first-order chi connectivity index (χ1) is 17.4. The molecule has 1 saturated carbocycles. The Labute approximate surface area is 216 Å². The summed E-state index contributed by atoms with van der Waals surface area (Å²) < 4.78 is 38.0. The van der Waals surface area contributed by atoms with Crippen LogP contribution in [-0.4, -0.2) is 71.2 Å². The van der Waals surface area contributed by atoms with Crippen LogP contribution in [0.2, 0.25) is 0 Å². The number of hydrogen-bond donors (Lipinski definition) is 5. The predicted molar refractivity (Wildman–Crippen MR) is 134 cm³/mol. The molecule has 2 unspecified atom stereocenters. The first-order valence-corrected chi connectivity index (χ1v) is 13.5. The fraction of sp³-hybridized carbons (Fsp3) is 0.429. The van der Waals surface area contributed by atoms with Crippen LogP contribution in [0, 0.1) is 5.41 Å². The van der Waals surface area contributed by atoms with Gasteiger partial charge in [0.05, 0.1) is 17.6 Å². The first-order valence-electron chi connectivity index (χ1n) is 11.2. The number of hydrogen-bond acceptors (Lipinski definition) is 12. The van der Waals surface area contributed by atoms with E-state index in [1.54, 1.807) is 12.1 Å². The molecule has 2 fully saturated rings. The minimum Gasteiger partial charge on any atom is -0.490 e. The van der Waals surface area contributed by atoms with Gasteiger partial charge in [0.15, 0.2) is 17.5 Å². The third-order valence-corrected chi connectivity index (χ3v) is 7.88. The van der Waals surface area contributed by atoms with Gasteiger partial charge in [0, 0.05) is 17.8 Å².